The molecule has 0 saturated heterocycles. The van der Waals surface area contributed by atoms with Gasteiger partial charge in [0.05, 0.1) is 12.7 Å². The normalized spacial score (nSPS) is 24.8. The van der Waals surface area contributed by atoms with E-state index in [1.54, 1.807) is 0 Å². The molecule has 1 aliphatic rings. The van der Waals surface area contributed by atoms with Crippen LogP contribution in [0.1, 0.15) is 43.7 Å². The Morgan fingerprint density at radius 1 is 1.38 bits per heavy atom. The van der Waals surface area contributed by atoms with Crippen molar-refractivity contribution in [3.63, 3.8) is 0 Å². The molecule has 0 aromatic heterocycles. The van der Waals surface area contributed by atoms with E-state index in [0.717, 1.165) is 38.0 Å². The fraction of sp³-hybridized carbons (Fsp3) is 0.611. The summed E-state index contributed by atoms with van der Waals surface area (Å²) in [6.45, 7) is 7.76. The molecule has 2 atom stereocenters. The quantitative estimate of drug-likeness (QED) is 0.866. The SMILES string of the molecule is CCNC1(C#N)CCCC1CCOc1c(C)cccc1C. The average molecular weight is 286 g/mol. The van der Waals surface area contributed by atoms with E-state index < -0.39 is 0 Å². The van der Waals surface area contributed by atoms with Crippen molar-refractivity contribution >= 4 is 0 Å². The first kappa shape index (κ1) is 15.9. The Balaban J connectivity index is 1.95. The van der Waals surface area contributed by atoms with Crippen LogP contribution in [-0.2, 0) is 0 Å². The molecular formula is C18H26N2O. The second-order valence-corrected chi connectivity index (χ2v) is 6.06. The van der Waals surface area contributed by atoms with Gasteiger partial charge in [0.25, 0.3) is 0 Å². The summed E-state index contributed by atoms with van der Waals surface area (Å²) in [5.74, 6) is 1.40. The van der Waals surface area contributed by atoms with Crippen LogP contribution < -0.4 is 10.1 Å². The zero-order chi connectivity index (χ0) is 15.3. The Morgan fingerprint density at radius 3 is 2.71 bits per heavy atom. The highest BCUT2D eigenvalue weighted by molar-refractivity contribution is 5.39. The van der Waals surface area contributed by atoms with Crippen LogP contribution in [0.3, 0.4) is 0 Å². The molecule has 21 heavy (non-hydrogen) atoms. The summed E-state index contributed by atoms with van der Waals surface area (Å²) >= 11 is 0. The third kappa shape index (κ3) is 3.39. The summed E-state index contributed by atoms with van der Waals surface area (Å²) in [7, 11) is 0. The van der Waals surface area contributed by atoms with Gasteiger partial charge in [0, 0.05) is 0 Å². The second-order valence-electron chi connectivity index (χ2n) is 6.06. The molecule has 0 aliphatic heterocycles. The van der Waals surface area contributed by atoms with E-state index in [2.05, 4.69) is 50.4 Å². The maximum absolute atomic E-state index is 9.57. The number of rotatable bonds is 6. The number of benzene rings is 1. The van der Waals surface area contributed by atoms with E-state index in [9.17, 15) is 5.26 Å². The second kappa shape index (κ2) is 6.95. The number of hydrogen-bond acceptors (Lipinski definition) is 3. The van der Waals surface area contributed by atoms with Gasteiger partial charge in [-0.2, -0.15) is 5.26 Å². The van der Waals surface area contributed by atoms with E-state index in [4.69, 9.17) is 4.74 Å². The number of hydrogen-bond donors (Lipinski definition) is 1. The van der Waals surface area contributed by atoms with Crippen molar-refractivity contribution in [3.8, 4) is 11.8 Å². The monoisotopic (exact) mass is 286 g/mol. The van der Waals surface area contributed by atoms with Gasteiger partial charge in [-0.25, -0.2) is 0 Å². The number of nitriles is 1. The van der Waals surface area contributed by atoms with Crippen LogP contribution in [0.2, 0.25) is 0 Å². The molecule has 114 valence electrons. The predicted octanol–water partition coefficient (Wildman–Crippen LogP) is 3.74. The van der Waals surface area contributed by atoms with E-state index >= 15 is 0 Å². The molecule has 2 rings (SSSR count). The molecule has 0 heterocycles. The smallest absolute Gasteiger partial charge is 0.125 e. The number of nitrogens with zero attached hydrogens (tertiary/aromatic N) is 1. The van der Waals surface area contributed by atoms with Gasteiger partial charge in [-0.3, -0.25) is 5.32 Å². The molecule has 2 unspecified atom stereocenters. The van der Waals surface area contributed by atoms with Gasteiger partial charge in [-0.15, -0.1) is 0 Å². The van der Waals surface area contributed by atoms with Crippen LogP contribution in [0.15, 0.2) is 18.2 Å². The third-order valence-electron chi connectivity index (χ3n) is 4.63. The fourth-order valence-corrected chi connectivity index (χ4v) is 3.53. The number of para-hydroxylation sites is 1. The molecule has 0 bridgehead atoms. The van der Waals surface area contributed by atoms with Gasteiger partial charge in [-0.1, -0.05) is 31.5 Å². The summed E-state index contributed by atoms with van der Waals surface area (Å²) in [5.41, 5.74) is 2.03. The molecule has 1 aromatic carbocycles. The topological polar surface area (TPSA) is 45.0 Å². The van der Waals surface area contributed by atoms with Crippen LogP contribution >= 0.6 is 0 Å². The Bertz CT molecular complexity index is 500. The van der Waals surface area contributed by atoms with Crippen LogP contribution in [0.4, 0.5) is 0 Å². The minimum atomic E-state index is -0.334. The maximum Gasteiger partial charge on any atom is 0.125 e. The van der Waals surface area contributed by atoms with Crippen LogP contribution in [0, 0.1) is 31.1 Å². The summed E-state index contributed by atoms with van der Waals surface area (Å²) in [5, 5.41) is 13.0. The summed E-state index contributed by atoms with van der Waals surface area (Å²) in [6.07, 6.45) is 4.16. The summed E-state index contributed by atoms with van der Waals surface area (Å²) in [6, 6.07) is 8.75. The van der Waals surface area contributed by atoms with Gasteiger partial charge >= 0.3 is 0 Å². The Labute approximate surface area is 128 Å². The van der Waals surface area contributed by atoms with E-state index in [1.165, 1.54) is 11.1 Å². The molecule has 3 nitrogen and oxygen atoms in total. The zero-order valence-electron chi connectivity index (χ0n) is 13.4. The minimum Gasteiger partial charge on any atom is -0.493 e. The third-order valence-corrected chi connectivity index (χ3v) is 4.63. The molecular weight excluding hydrogens is 260 g/mol. The lowest BCUT2D eigenvalue weighted by atomic mass is 9.86. The number of ether oxygens (including phenoxy) is 1. The highest BCUT2D eigenvalue weighted by Crippen LogP contribution is 2.37. The molecule has 1 fully saturated rings. The first-order chi connectivity index (χ1) is 10.1. The summed E-state index contributed by atoms with van der Waals surface area (Å²) < 4.78 is 6.01. The van der Waals surface area contributed by atoms with Crippen LogP contribution in [0.5, 0.6) is 5.75 Å². The van der Waals surface area contributed by atoms with E-state index in [-0.39, 0.29) is 5.54 Å². The van der Waals surface area contributed by atoms with Gasteiger partial charge < -0.3 is 4.74 Å². The fourth-order valence-electron chi connectivity index (χ4n) is 3.53. The first-order valence-electron chi connectivity index (χ1n) is 7.98. The van der Waals surface area contributed by atoms with Gasteiger partial charge in [0.2, 0.25) is 0 Å². The Hall–Kier alpha value is -1.53. The largest absolute Gasteiger partial charge is 0.493 e. The lowest BCUT2D eigenvalue weighted by Gasteiger charge is -2.29. The van der Waals surface area contributed by atoms with Crippen molar-refractivity contribution in [2.45, 2.75) is 52.0 Å². The van der Waals surface area contributed by atoms with Crippen LogP contribution in [0.25, 0.3) is 0 Å². The predicted molar refractivity (Wildman–Crippen MR) is 85.4 cm³/mol. The Kier molecular flexibility index (Phi) is 5.25. The van der Waals surface area contributed by atoms with Crippen LogP contribution in [-0.4, -0.2) is 18.7 Å². The first-order valence-corrected chi connectivity index (χ1v) is 7.98. The Morgan fingerprint density at radius 2 is 2.10 bits per heavy atom. The minimum absolute atomic E-state index is 0.334. The number of nitrogens with one attached hydrogen (secondary N) is 1. The molecule has 3 heteroatoms. The lowest BCUT2D eigenvalue weighted by molar-refractivity contribution is 0.233. The molecule has 1 aliphatic carbocycles. The molecule has 0 spiro atoms. The highest BCUT2D eigenvalue weighted by atomic mass is 16.5. The van der Waals surface area contributed by atoms with Gasteiger partial charge in [0.1, 0.15) is 11.3 Å². The van der Waals surface area contributed by atoms with Crippen molar-refractivity contribution in [1.82, 2.24) is 5.32 Å². The molecule has 1 aromatic rings. The molecule has 0 amide bonds. The van der Waals surface area contributed by atoms with Crippen molar-refractivity contribution < 1.29 is 4.74 Å². The lowest BCUT2D eigenvalue weighted by Crippen LogP contribution is -2.47. The van der Waals surface area contributed by atoms with Crippen molar-refractivity contribution in [1.29, 1.82) is 5.26 Å². The molecule has 0 radical (unpaired) electrons. The van der Waals surface area contributed by atoms with Crippen molar-refractivity contribution in [3.05, 3.63) is 29.3 Å². The van der Waals surface area contributed by atoms with E-state index in [0.29, 0.717) is 12.5 Å². The van der Waals surface area contributed by atoms with Gasteiger partial charge in [0.15, 0.2) is 0 Å². The highest BCUT2D eigenvalue weighted by Gasteiger charge is 2.42. The zero-order valence-corrected chi connectivity index (χ0v) is 13.4. The average Bonchev–Trinajstić information content (AvgIpc) is 2.86. The molecule has 1 saturated carbocycles. The maximum atomic E-state index is 9.57. The summed E-state index contributed by atoms with van der Waals surface area (Å²) in [4.78, 5) is 0. The standard InChI is InChI=1S/C18H26N2O/c1-4-20-18(13-19)11-6-9-16(18)10-12-21-17-14(2)7-5-8-15(17)3/h5,7-8,16,20H,4,6,9-12H2,1-3H3. The molecule has 1 N–H and O–H groups in total. The number of aryl methyl sites for hydroxylation is 2. The van der Waals surface area contributed by atoms with Gasteiger partial charge in [-0.05, 0) is 56.7 Å². The van der Waals surface area contributed by atoms with Crippen molar-refractivity contribution in [2.75, 3.05) is 13.2 Å². The van der Waals surface area contributed by atoms with E-state index in [1.807, 2.05) is 0 Å². The van der Waals surface area contributed by atoms with Crippen molar-refractivity contribution in [2.24, 2.45) is 5.92 Å².